The highest BCUT2D eigenvalue weighted by Crippen LogP contribution is 2.11. The van der Waals surface area contributed by atoms with Crippen LogP contribution >= 0.6 is 0 Å². The number of rotatable bonds is 2. The largest absolute Gasteiger partial charge is 0.347 e. The van der Waals surface area contributed by atoms with Gasteiger partial charge in [-0.1, -0.05) is 6.07 Å². The Morgan fingerprint density at radius 2 is 2.27 bits per heavy atom. The fourth-order valence-corrected chi connectivity index (χ4v) is 1.52. The van der Waals surface area contributed by atoms with E-state index < -0.39 is 0 Å². The number of hydrogen-bond donors (Lipinski definition) is 1. The lowest BCUT2D eigenvalue weighted by molar-refractivity contribution is -0.119. The molecular weight excluding hydrogens is 192 g/mol. The van der Waals surface area contributed by atoms with Crippen molar-refractivity contribution in [1.82, 2.24) is 19.9 Å². The highest BCUT2D eigenvalue weighted by Gasteiger charge is 2.13. The normalized spacial score (nSPS) is 12.7. The molecule has 0 saturated heterocycles. The Morgan fingerprint density at radius 3 is 3.00 bits per heavy atom. The smallest absolute Gasteiger partial charge is 0.217 e. The monoisotopic (exact) mass is 204 g/mol. The Kier molecular flexibility index (Phi) is 2.37. The van der Waals surface area contributed by atoms with Crippen molar-refractivity contribution in [3.63, 3.8) is 0 Å². The number of hydrogen-bond acceptors (Lipinski definition) is 3. The van der Waals surface area contributed by atoms with Crippen LogP contribution in [0.5, 0.6) is 0 Å². The average molecular weight is 204 g/mol. The minimum Gasteiger partial charge on any atom is -0.347 e. The molecule has 0 bridgehead atoms. The maximum absolute atomic E-state index is 10.9. The molecule has 1 unspecified atom stereocenters. The van der Waals surface area contributed by atoms with Crippen LogP contribution in [0.3, 0.4) is 0 Å². The molecule has 15 heavy (non-hydrogen) atoms. The summed E-state index contributed by atoms with van der Waals surface area (Å²) in [5, 5.41) is 10.8. The maximum atomic E-state index is 10.9. The van der Waals surface area contributed by atoms with Crippen LogP contribution in [-0.4, -0.2) is 20.5 Å². The Labute approximate surface area is 87.1 Å². The zero-order valence-electron chi connectivity index (χ0n) is 8.64. The number of fused-ring (bicyclic) bond motifs is 1. The number of aromatic nitrogens is 3. The molecule has 2 aromatic heterocycles. The van der Waals surface area contributed by atoms with Gasteiger partial charge in [0.15, 0.2) is 11.5 Å². The van der Waals surface area contributed by atoms with Gasteiger partial charge in [-0.2, -0.15) is 0 Å². The van der Waals surface area contributed by atoms with E-state index in [1.807, 2.05) is 35.7 Å². The van der Waals surface area contributed by atoms with E-state index in [0.717, 1.165) is 11.5 Å². The summed E-state index contributed by atoms with van der Waals surface area (Å²) in [6.45, 7) is 3.37. The van der Waals surface area contributed by atoms with Gasteiger partial charge in [-0.3, -0.25) is 9.20 Å². The molecule has 5 heteroatoms. The van der Waals surface area contributed by atoms with Crippen molar-refractivity contribution in [2.24, 2.45) is 0 Å². The molecular formula is C10H12N4O. The summed E-state index contributed by atoms with van der Waals surface area (Å²) in [6.07, 6.45) is 1.88. The van der Waals surface area contributed by atoms with Crippen LogP contribution in [0.15, 0.2) is 24.4 Å². The van der Waals surface area contributed by atoms with E-state index in [1.165, 1.54) is 6.92 Å². The highest BCUT2D eigenvalue weighted by molar-refractivity contribution is 5.73. The zero-order valence-corrected chi connectivity index (χ0v) is 8.64. The van der Waals surface area contributed by atoms with Crippen LogP contribution in [0.4, 0.5) is 0 Å². The van der Waals surface area contributed by atoms with Gasteiger partial charge < -0.3 is 5.32 Å². The van der Waals surface area contributed by atoms with Crippen LogP contribution < -0.4 is 5.32 Å². The molecule has 1 N–H and O–H groups in total. The Hall–Kier alpha value is -1.91. The maximum Gasteiger partial charge on any atom is 0.217 e. The SMILES string of the molecule is CC(=O)NC(C)c1nnc2ccccn12. The van der Waals surface area contributed by atoms with Crippen LogP contribution in [0, 0.1) is 0 Å². The van der Waals surface area contributed by atoms with Crippen molar-refractivity contribution in [2.45, 2.75) is 19.9 Å². The molecule has 2 heterocycles. The first-order valence-corrected chi connectivity index (χ1v) is 4.75. The van der Waals surface area contributed by atoms with Gasteiger partial charge in [0.2, 0.25) is 5.91 Å². The number of pyridine rings is 1. The lowest BCUT2D eigenvalue weighted by Gasteiger charge is -2.09. The van der Waals surface area contributed by atoms with Crippen molar-refractivity contribution in [1.29, 1.82) is 0 Å². The molecule has 0 spiro atoms. The van der Waals surface area contributed by atoms with E-state index in [4.69, 9.17) is 0 Å². The van der Waals surface area contributed by atoms with Gasteiger partial charge in [0.05, 0.1) is 6.04 Å². The topological polar surface area (TPSA) is 59.3 Å². The second-order valence-electron chi connectivity index (χ2n) is 3.41. The molecule has 78 valence electrons. The fraction of sp³-hybridized carbons (Fsp3) is 0.300. The van der Waals surface area contributed by atoms with Crippen LogP contribution in [-0.2, 0) is 4.79 Å². The molecule has 0 aromatic carbocycles. The third-order valence-corrected chi connectivity index (χ3v) is 2.15. The van der Waals surface area contributed by atoms with Crippen LogP contribution in [0.2, 0.25) is 0 Å². The Bertz CT molecular complexity index is 491. The number of carbonyl (C=O) groups is 1. The molecule has 0 aliphatic rings. The van der Waals surface area contributed by atoms with E-state index in [2.05, 4.69) is 15.5 Å². The van der Waals surface area contributed by atoms with E-state index >= 15 is 0 Å². The number of carbonyl (C=O) groups excluding carboxylic acids is 1. The molecule has 5 nitrogen and oxygen atoms in total. The lowest BCUT2D eigenvalue weighted by Crippen LogP contribution is -2.25. The minimum atomic E-state index is -0.139. The van der Waals surface area contributed by atoms with Gasteiger partial charge >= 0.3 is 0 Å². The van der Waals surface area contributed by atoms with Gasteiger partial charge in [-0.25, -0.2) is 0 Å². The first-order valence-electron chi connectivity index (χ1n) is 4.75. The predicted octanol–water partition coefficient (Wildman–Crippen LogP) is 0.926. The molecule has 0 fully saturated rings. The molecule has 0 aliphatic heterocycles. The second-order valence-corrected chi connectivity index (χ2v) is 3.41. The highest BCUT2D eigenvalue weighted by atomic mass is 16.1. The molecule has 1 amide bonds. The minimum absolute atomic E-state index is 0.0739. The van der Waals surface area contributed by atoms with E-state index in [1.54, 1.807) is 0 Å². The Balaban J connectivity index is 2.39. The van der Waals surface area contributed by atoms with Gasteiger partial charge in [0.25, 0.3) is 0 Å². The van der Waals surface area contributed by atoms with Gasteiger partial charge in [-0.15, -0.1) is 10.2 Å². The average Bonchev–Trinajstić information content (AvgIpc) is 2.59. The van der Waals surface area contributed by atoms with Gasteiger partial charge in [-0.05, 0) is 19.1 Å². The third kappa shape index (κ3) is 1.81. The summed E-state index contributed by atoms with van der Waals surface area (Å²) >= 11 is 0. The van der Waals surface area contributed by atoms with Crippen molar-refractivity contribution < 1.29 is 4.79 Å². The van der Waals surface area contributed by atoms with Crippen LogP contribution in [0.25, 0.3) is 5.65 Å². The molecule has 2 rings (SSSR count). The predicted molar refractivity (Wildman–Crippen MR) is 55.2 cm³/mol. The number of amides is 1. The molecule has 0 saturated carbocycles. The van der Waals surface area contributed by atoms with Crippen molar-refractivity contribution in [2.75, 3.05) is 0 Å². The van der Waals surface area contributed by atoms with E-state index in [-0.39, 0.29) is 11.9 Å². The van der Waals surface area contributed by atoms with Crippen molar-refractivity contribution in [3.05, 3.63) is 30.2 Å². The summed E-state index contributed by atoms with van der Waals surface area (Å²) in [5.74, 6) is 0.663. The molecule has 1 atom stereocenters. The quantitative estimate of drug-likeness (QED) is 0.791. The summed E-state index contributed by atoms with van der Waals surface area (Å²) in [4.78, 5) is 10.9. The van der Waals surface area contributed by atoms with Crippen molar-refractivity contribution >= 4 is 11.6 Å². The first-order chi connectivity index (χ1) is 7.18. The standard InChI is InChI=1S/C10H12N4O/c1-7(11-8(2)15)10-13-12-9-5-3-4-6-14(9)10/h3-7H,1-2H3,(H,11,15). The first kappa shape index (κ1) is 9.64. The zero-order chi connectivity index (χ0) is 10.8. The summed E-state index contributed by atoms with van der Waals surface area (Å²) in [5.41, 5.74) is 0.782. The molecule has 2 aromatic rings. The lowest BCUT2D eigenvalue weighted by atomic mass is 10.3. The van der Waals surface area contributed by atoms with Gasteiger partial charge in [0, 0.05) is 13.1 Å². The summed E-state index contributed by atoms with van der Waals surface area (Å²) < 4.78 is 1.86. The third-order valence-electron chi connectivity index (χ3n) is 2.15. The van der Waals surface area contributed by atoms with Crippen LogP contribution in [0.1, 0.15) is 25.7 Å². The molecule has 0 radical (unpaired) electrons. The van der Waals surface area contributed by atoms with Gasteiger partial charge in [0.1, 0.15) is 0 Å². The number of nitrogens with one attached hydrogen (secondary N) is 1. The number of nitrogens with zero attached hydrogens (tertiary/aromatic N) is 3. The fourth-order valence-electron chi connectivity index (χ4n) is 1.52. The van der Waals surface area contributed by atoms with E-state index in [0.29, 0.717) is 0 Å². The van der Waals surface area contributed by atoms with Crippen molar-refractivity contribution in [3.8, 4) is 0 Å². The second kappa shape index (κ2) is 3.68. The molecule has 0 aliphatic carbocycles. The summed E-state index contributed by atoms with van der Waals surface area (Å²) in [7, 11) is 0. The Morgan fingerprint density at radius 1 is 1.47 bits per heavy atom. The summed E-state index contributed by atoms with van der Waals surface area (Å²) in [6, 6.07) is 5.54. The van der Waals surface area contributed by atoms with E-state index in [9.17, 15) is 4.79 Å².